The van der Waals surface area contributed by atoms with Gasteiger partial charge in [0.25, 0.3) is 15.7 Å². The number of aryl methyl sites for hydroxylation is 1. The SMILES string of the molecule is Cc1ccc(NS(=O)(=O)c2cccc(N)c2)cc1[N+](=O)[O-]. The normalized spacial score (nSPS) is 11.1. The van der Waals surface area contributed by atoms with Crippen LogP contribution in [0.15, 0.2) is 47.4 Å². The lowest BCUT2D eigenvalue weighted by molar-refractivity contribution is -0.385. The fraction of sp³-hybridized carbons (Fsp3) is 0.0769. The Kier molecular flexibility index (Phi) is 3.81. The lowest BCUT2D eigenvalue weighted by atomic mass is 10.2. The Morgan fingerprint density at radius 3 is 2.52 bits per heavy atom. The number of nitrogens with zero attached hydrogens (tertiary/aromatic N) is 1. The maximum atomic E-state index is 12.2. The van der Waals surface area contributed by atoms with Crippen LogP contribution in [0.3, 0.4) is 0 Å². The molecule has 0 saturated carbocycles. The van der Waals surface area contributed by atoms with Gasteiger partial charge in [-0.05, 0) is 31.2 Å². The van der Waals surface area contributed by atoms with Crippen molar-refractivity contribution in [3.63, 3.8) is 0 Å². The summed E-state index contributed by atoms with van der Waals surface area (Å²) >= 11 is 0. The number of rotatable bonds is 4. The molecule has 7 nitrogen and oxygen atoms in total. The Labute approximate surface area is 121 Å². The van der Waals surface area contributed by atoms with Crippen molar-refractivity contribution >= 4 is 27.1 Å². The topological polar surface area (TPSA) is 115 Å². The first-order valence-electron chi connectivity index (χ1n) is 5.93. The van der Waals surface area contributed by atoms with Gasteiger partial charge in [0.15, 0.2) is 0 Å². The second-order valence-corrected chi connectivity index (χ2v) is 6.12. The summed E-state index contributed by atoms with van der Waals surface area (Å²) in [7, 11) is -3.84. The highest BCUT2D eigenvalue weighted by Crippen LogP contribution is 2.24. The Balaban J connectivity index is 2.37. The number of anilines is 2. The number of nitrogens with one attached hydrogen (secondary N) is 1. The molecule has 3 N–H and O–H groups in total. The van der Waals surface area contributed by atoms with Gasteiger partial charge in [-0.1, -0.05) is 12.1 Å². The van der Waals surface area contributed by atoms with Crippen LogP contribution in [0.25, 0.3) is 0 Å². The van der Waals surface area contributed by atoms with Gasteiger partial charge in [0.05, 0.1) is 15.5 Å². The van der Waals surface area contributed by atoms with Crippen molar-refractivity contribution in [1.82, 2.24) is 0 Å². The van der Waals surface area contributed by atoms with Crippen molar-refractivity contribution in [3.8, 4) is 0 Å². The molecule has 0 aromatic heterocycles. The molecule has 0 unspecified atom stereocenters. The van der Waals surface area contributed by atoms with E-state index in [9.17, 15) is 18.5 Å². The molecule has 0 atom stereocenters. The smallest absolute Gasteiger partial charge is 0.274 e. The van der Waals surface area contributed by atoms with Gasteiger partial charge in [-0.2, -0.15) is 0 Å². The van der Waals surface area contributed by atoms with E-state index in [0.717, 1.165) is 0 Å². The van der Waals surface area contributed by atoms with E-state index >= 15 is 0 Å². The fourth-order valence-electron chi connectivity index (χ4n) is 1.77. The summed E-state index contributed by atoms with van der Waals surface area (Å²) in [6.45, 7) is 1.58. The van der Waals surface area contributed by atoms with Crippen molar-refractivity contribution < 1.29 is 13.3 Å². The van der Waals surface area contributed by atoms with E-state index in [1.165, 1.54) is 36.4 Å². The Morgan fingerprint density at radius 1 is 1.19 bits per heavy atom. The summed E-state index contributed by atoms with van der Waals surface area (Å²) in [4.78, 5) is 10.3. The van der Waals surface area contributed by atoms with E-state index in [4.69, 9.17) is 5.73 Å². The average molecular weight is 307 g/mol. The third kappa shape index (κ3) is 3.29. The standard InChI is InChI=1S/C13H13N3O4S/c1-9-5-6-11(8-13(9)16(17)18)15-21(19,20)12-4-2-3-10(14)7-12/h2-8,15H,14H2,1H3. The number of hydrogen-bond acceptors (Lipinski definition) is 5. The van der Waals surface area contributed by atoms with Crippen LogP contribution in [0.5, 0.6) is 0 Å². The zero-order chi connectivity index (χ0) is 15.6. The quantitative estimate of drug-likeness (QED) is 0.511. The molecule has 0 fully saturated rings. The van der Waals surface area contributed by atoms with Crippen LogP contribution in [0.2, 0.25) is 0 Å². The first kappa shape index (κ1) is 14.8. The van der Waals surface area contributed by atoms with Gasteiger partial charge < -0.3 is 5.73 Å². The Bertz CT molecular complexity index is 803. The maximum absolute atomic E-state index is 12.2. The first-order chi connectivity index (χ1) is 9.79. The molecule has 2 rings (SSSR count). The van der Waals surface area contributed by atoms with Gasteiger partial charge in [0.1, 0.15) is 0 Å². The van der Waals surface area contributed by atoms with Gasteiger partial charge in [-0.15, -0.1) is 0 Å². The molecular formula is C13H13N3O4S. The molecule has 0 radical (unpaired) electrons. The minimum absolute atomic E-state index is 0.00859. The van der Waals surface area contributed by atoms with E-state index in [2.05, 4.69) is 4.72 Å². The molecule has 110 valence electrons. The third-order valence-corrected chi connectivity index (χ3v) is 4.21. The predicted molar refractivity (Wildman–Crippen MR) is 79.5 cm³/mol. The van der Waals surface area contributed by atoms with E-state index in [-0.39, 0.29) is 16.3 Å². The fourth-order valence-corrected chi connectivity index (χ4v) is 2.87. The van der Waals surface area contributed by atoms with Crippen LogP contribution < -0.4 is 10.5 Å². The van der Waals surface area contributed by atoms with Crippen LogP contribution in [-0.2, 0) is 10.0 Å². The Morgan fingerprint density at radius 2 is 1.90 bits per heavy atom. The van der Waals surface area contributed by atoms with Crippen LogP contribution >= 0.6 is 0 Å². The second kappa shape index (κ2) is 5.41. The number of benzene rings is 2. The van der Waals surface area contributed by atoms with E-state index in [1.54, 1.807) is 13.0 Å². The zero-order valence-corrected chi connectivity index (χ0v) is 11.9. The predicted octanol–water partition coefficient (Wildman–Crippen LogP) is 2.29. The molecule has 0 aliphatic rings. The van der Waals surface area contributed by atoms with Crippen LogP contribution in [0.4, 0.5) is 17.1 Å². The molecule has 8 heteroatoms. The molecule has 2 aromatic carbocycles. The number of nitrogen functional groups attached to an aromatic ring is 1. The highest BCUT2D eigenvalue weighted by molar-refractivity contribution is 7.92. The van der Waals surface area contributed by atoms with Crippen LogP contribution in [0, 0.1) is 17.0 Å². The molecule has 21 heavy (non-hydrogen) atoms. The minimum atomic E-state index is -3.84. The first-order valence-corrected chi connectivity index (χ1v) is 7.41. The molecule has 0 aliphatic heterocycles. The molecule has 0 spiro atoms. The highest BCUT2D eigenvalue weighted by atomic mass is 32.2. The average Bonchev–Trinajstić information content (AvgIpc) is 2.40. The molecule has 0 amide bonds. The molecule has 0 saturated heterocycles. The van der Waals surface area contributed by atoms with Gasteiger partial charge >= 0.3 is 0 Å². The van der Waals surface area contributed by atoms with Gasteiger partial charge in [-0.25, -0.2) is 8.42 Å². The largest absolute Gasteiger partial charge is 0.399 e. The summed E-state index contributed by atoms with van der Waals surface area (Å²) in [6.07, 6.45) is 0. The Hall–Kier alpha value is -2.61. The van der Waals surface area contributed by atoms with E-state index in [0.29, 0.717) is 11.3 Å². The van der Waals surface area contributed by atoms with E-state index < -0.39 is 14.9 Å². The van der Waals surface area contributed by atoms with E-state index in [1.807, 2.05) is 0 Å². The summed E-state index contributed by atoms with van der Waals surface area (Å²) in [6, 6.07) is 9.91. The van der Waals surface area contributed by atoms with Crippen molar-refractivity contribution in [2.45, 2.75) is 11.8 Å². The van der Waals surface area contributed by atoms with Crippen LogP contribution in [-0.4, -0.2) is 13.3 Å². The lowest BCUT2D eigenvalue weighted by Crippen LogP contribution is -2.13. The van der Waals surface area contributed by atoms with Crippen molar-refractivity contribution in [2.24, 2.45) is 0 Å². The summed E-state index contributed by atoms with van der Waals surface area (Å²) < 4.78 is 26.7. The maximum Gasteiger partial charge on any atom is 0.274 e. The van der Waals surface area contributed by atoms with Gasteiger partial charge in [0.2, 0.25) is 0 Å². The zero-order valence-electron chi connectivity index (χ0n) is 11.1. The minimum Gasteiger partial charge on any atom is -0.399 e. The molecule has 0 bridgehead atoms. The third-order valence-electron chi connectivity index (χ3n) is 2.83. The number of nitrogens with two attached hydrogens (primary N) is 1. The number of nitro benzene ring substituents is 1. The van der Waals surface area contributed by atoms with Crippen molar-refractivity contribution in [2.75, 3.05) is 10.5 Å². The summed E-state index contributed by atoms with van der Waals surface area (Å²) in [5.74, 6) is 0. The molecule has 0 aliphatic carbocycles. The lowest BCUT2D eigenvalue weighted by Gasteiger charge is -2.09. The van der Waals surface area contributed by atoms with Crippen molar-refractivity contribution in [3.05, 3.63) is 58.1 Å². The van der Waals surface area contributed by atoms with Crippen molar-refractivity contribution in [1.29, 1.82) is 0 Å². The molecular weight excluding hydrogens is 294 g/mol. The molecule has 2 aromatic rings. The van der Waals surface area contributed by atoms with Gasteiger partial charge in [0, 0.05) is 17.3 Å². The van der Waals surface area contributed by atoms with Gasteiger partial charge in [-0.3, -0.25) is 14.8 Å². The van der Waals surface area contributed by atoms with Crippen LogP contribution in [0.1, 0.15) is 5.56 Å². The highest BCUT2D eigenvalue weighted by Gasteiger charge is 2.17. The monoisotopic (exact) mass is 307 g/mol. The summed E-state index contributed by atoms with van der Waals surface area (Å²) in [5, 5.41) is 10.9. The number of nitro groups is 1. The number of sulfonamides is 1. The number of hydrogen-bond donors (Lipinski definition) is 2. The second-order valence-electron chi connectivity index (χ2n) is 4.44. The summed E-state index contributed by atoms with van der Waals surface area (Å²) in [5.41, 5.74) is 6.28. The molecule has 0 heterocycles.